The van der Waals surface area contributed by atoms with E-state index in [1.165, 1.54) is 17.8 Å². The van der Waals surface area contributed by atoms with Gasteiger partial charge in [0.05, 0.1) is 0 Å². The van der Waals surface area contributed by atoms with Crippen LogP contribution in [0.2, 0.25) is 0 Å². The van der Waals surface area contributed by atoms with Crippen LogP contribution in [0.4, 0.5) is 10.9 Å². The van der Waals surface area contributed by atoms with E-state index in [-0.39, 0.29) is 12.5 Å². The van der Waals surface area contributed by atoms with Crippen molar-refractivity contribution in [3.63, 3.8) is 0 Å². The van der Waals surface area contributed by atoms with Crippen LogP contribution >= 0.6 is 11.3 Å². The number of pyridine rings is 1. The smallest absolute Gasteiger partial charge is 0.264 e. The summed E-state index contributed by atoms with van der Waals surface area (Å²) in [5, 5.41) is 12.8. The third-order valence-electron chi connectivity index (χ3n) is 4.99. The number of carbonyl (C=O) groups is 1. The predicted molar refractivity (Wildman–Crippen MR) is 116 cm³/mol. The third kappa shape index (κ3) is 4.64. The number of anilines is 2. The summed E-state index contributed by atoms with van der Waals surface area (Å²) in [5.74, 6) is 2.59. The van der Waals surface area contributed by atoms with E-state index in [9.17, 15) is 4.79 Å². The van der Waals surface area contributed by atoms with E-state index in [2.05, 4.69) is 46.4 Å². The number of aromatic nitrogens is 3. The minimum Gasteiger partial charge on any atom is -0.481 e. The highest BCUT2D eigenvalue weighted by molar-refractivity contribution is 7.15. The van der Waals surface area contributed by atoms with Gasteiger partial charge in [-0.25, -0.2) is 4.98 Å². The molecule has 29 heavy (non-hydrogen) atoms. The number of amides is 1. The maximum Gasteiger partial charge on any atom is 0.264 e. The number of benzene rings is 1. The van der Waals surface area contributed by atoms with Crippen molar-refractivity contribution in [2.45, 2.75) is 27.2 Å². The number of para-hydroxylation sites is 1. The molecule has 2 unspecified atom stereocenters. The van der Waals surface area contributed by atoms with Gasteiger partial charge in [-0.15, -0.1) is 10.2 Å². The van der Waals surface area contributed by atoms with Gasteiger partial charge in [-0.2, -0.15) is 0 Å². The fourth-order valence-electron chi connectivity index (χ4n) is 3.90. The van der Waals surface area contributed by atoms with Gasteiger partial charge in [-0.1, -0.05) is 37.3 Å². The molecule has 1 saturated heterocycles. The fraction of sp³-hybridized carbons (Fsp3) is 0.429. The lowest BCUT2D eigenvalue weighted by Crippen LogP contribution is -2.39. The molecule has 4 rings (SSSR count). The molecule has 1 aliphatic rings. The number of hydrogen-bond donors (Lipinski definition) is 1. The molecule has 8 heteroatoms. The molecule has 0 aliphatic carbocycles. The molecular formula is C21H25N5O2S. The molecule has 1 amide bonds. The number of hydrogen-bond acceptors (Lipinski definition) is 7. The van der Waals surface area contributed by atoms with Gasteiger partial charge >= 0.3 is 0 Å². The Balaban J connectivity index is 1.50. The fourth-order valence-corrected chi connectivity index (χ4v) is 4.51. The SMILES string of the molecule is Cc1nnc(NC(=O)COc2cccc3ccc(N4CC(C)CC(C)C4)nc23)s1. The van der Waals surface area contributed by atoms with Crippen LogP contribution in [0.15, 0.2) is 30.3 Å². The largest absolute Gasteiger partial charge is 0.481 e. The first-order valence-corrected chi connectivity index (χ1v) is 10.7. The number of nitrogens with one attached hydrogen (secondary N) is 1. The molecule has 7 nitrogen and oxygen atoms in total. The average molecular weight is 412 g/mol. The van der Waals surface area contributed by atoms with E-state index in [0.717, 1.165) is 34.8 Å². The number of aryl methyl sites for hydroxylation is 1. The van der Waals surface area contributed by atoms with Gasteiger partial charge in [0.25, 0.3) is 5.91 Å². The molecule has 1 aliphatic heterocycles. The van der Waals surface area contributed by atoms with Crippen LogP contribution in [0, 0.1) is 18.8 Å². The molecule has 152 valence electrons. The summed E-state index contributed by atoms with van der Waals surface area (Å²) in [7, 11) is 0. The first-order valence-electron chi connectivity index (χ1n) is 9.85. The lowest BCUT2D eigenvalue weighted by atomic mass is 9.92. The van der Waals surface area contributed by atoms with Gasteiger partial charge < -0.3 is 9.64 Å². The highest BCUT2D eigenvalue weighted by Crippen LogP contribution is 2.30. The Morgan fingerprint density at radius 3 is 2.72 bits per heavy atom. The van der Waals surface area contributed by atoms with Gasteiger partial charge in [0.2, 0.25) is 5.13 Å². The Morgan fingerprint density at radius 1 is 1.21 bits per heavy atom. The summed E-state index contributed by atoms with van der Waals surface area (Å²) >= 11 is 1.33. The summed E-state index contributed by atoms with van der Waals surface area (Å²) in [6, 6.07) is 9.91. The zero-order chi connectivity index (χ0) is 20.4. The van der Waals surface area contributed by atoms with Crippen molar-refractivity contribution in [2.75, 3.05) is 29.9 Å². The summed E-state index contributed by atoms with van der Waals surface area (Å²) in [5.41, 5.74) is 0.774. The molecule has 3 aromatic rings. The van der Waals surface area contributed by atoms with Gasteiger partial charge in [-0.3, -0.25) is 10.1 Å². The quantitative estimate of drug-likeness (QED) is 0.686. The molecule has 2 atom stereocenters. The van der Waals surface area contributed by atoms with E-state index in [0.29, 0.717) is 22.7 Å². The van der Waals surface area contributed by atoms with E-state index >= 15 is 0 Å². The van der Waals surface area contributed by atoms with Gasteiger partial charge in [0.1, 0.15) is 22.1 Å². The normalized spacial score (nSPS) is 19.3. The van der Waals surface area contributed by atoms with Crippen molar-refractivity contribution < 1.29 is 9.53 Å². The zero-order valence-corrected chi connectivity index (χ0v) is 17.7. The second-order valence-electron chi connectivity index (χ2n) is 7.81. The van der Waals surface area contributed by atoms with E-state index in [1.54, 1.807) is 0 Å². The molecular weight excluding hydrogens is 386 g/mol. The molecule has 2 aromatic heterocycles. The van der Waals surface area contributed by atoms with Crippen molar-refractivity contribution >= 4 is 39.1 Å². The second kappa shape index (κ2) is 8.32. The molecule has 1 aromatic carbocycles. The molecule has 0 bridgehead atoms. The number of piperidine rings is 1. The summed E-state index contributed by atoms with van der Waals surface area (Å²) < 4.78 is 5.81. The average Bonchev–Trinajstić information content (AvgIpc) is 3.09. The van der Waals surface area contributed by atoms with Crippen LogP contribution < -0.4 is 15.0 Å². The zero-order valence-electron chi connectivity index (χ0n) is 16.9. The molecule has 1 N–H and O–H groups in total. The van der Waals surface area contributed by atoms with Crippen LogP contribution in [0.1, 0.15) is 25.3 Å². The number of ether oxygens (including phenoxy) is 1. The number of rotatable bonds is 5. The lowest BCUT2D eigenvalue weighted by Gasteiger charge is -2.35. The van der Waals surface area contributed by atoms with Crippen molar-refractivity contribution in [1.82, 2.24) is 15.2 Å². The maximum absolute atomic E-state index is 12.2. The minimum atomic E-state index is -0.270. The van der Waals surface area contributed by atoms with E-state index in [4.69, 9.17) is 9.72 Å². The third-order valence-corrected chi connectivity index (χ3v) is 5.75. The highest BCUT2D eigenvalue weighted by Gasteiger charge is 2.23. The van der Waals surface area contributed by atoms with Crippen molar-refractivity contribution in [2.24, 2.45) is 11.8 Å². The Morgan fingerprint density at radius 2 is 2.00 bits per heavy atom. The van der Waals surface area contributed by atoms with Crippen LogP contribution in [0.5, 0.6) is 5.75 Å². The number of carbonyl (C=O) groups excluding carboxylic acids is 1. The van der Waals surface area contributed by atoms with Crippen LogP contribution in [0.3, 0.4) is 0 Å². The lowest BCUT2D eigenvalue weighted by molar-refractivity contribution is -0.118. The molecule has 1 fully saturated rings. The molecule has 0 saturated carbocycles. The standard InChI is InChI=1S/C21H25N5O2S/c1-13-9-14(2)11-26(10-13)18-8-7-16-5-4-6-17(20(16)22-18)28-12-19(27)23-21-25-24-15(3)29-21/h4-8,13-14H,9-12H2,1-3H3,(H,23,25,27). The minimum absolute atomic E-state index is 0.110. The maximum atomic E-state index is 12.2. The van der Waals surface area contributed by atoms with Crippen molar-refractivity contribution in [3.8, 4) is 5.75 Å². The van der Waals surface area contributed by atoms with Crippen LogP contribution in [-0.2, 0) is 4.79 Å². The Bertz CT molecular complexity index is 1010. The van der Waals surface area contributed by atoms with E-state index in [1.807, 2.05) is 25.1 Å². The Kier molecular flexibility index (Phi) is 5.62. The second-order valence-corrected chi connectivity index (χ2v) is 8.99. The van der Waals surface area contributed by atoms with E-state index < -0.39 is 0 Å². The number of nitrogens with zero attached hydrogens (tertiary/aromatic N) is 4. The topological polar surface area (TPSA) is 80.2 Å². The van der Waals surface area contributed by atoms with Crippen LogP contribution in [0.25, 0.3) is 10.9 Å². The predicted octanol–water partition coefficient (Wildman–Crippen LogP) is 3.89. The number of fused-ring (bicyclic) bond motifs is 1. The monoisotopic (exact) mass is 411 g/mol. The van der Waals surface area contributed by atoms with Crippen molar-refractivity contribution in [1.29, 1.82) is 0 Å². The first kappa shape index (κ1) is 19.6. The van der Waals surface area contributed by atoms with Gasteiger partial charge in [0, 0.05) is 18.5 Å². The van der Waals surface area contributed by atoms with Crippen LogP contribution in [-0.4, -0.2) is 40.8 Å². The molecule has 0 spiro atoms. The first-order chi connectivity index (χ1) is 14.0. The Labute approximate surface area is 174 Å². The molecule has 3 heterocycles. The highest BCUT2D eigenvalue weighted by atomic mass is 32.1. The summed E-state index contributed by atoms with van der Waals surface area (Å²) in [6.45, 7) is 8.33. The van der Waals surface area contributed by atoms with Crippen molar-refractivity contribution in [3.05, 3.63) is 35.3 Å². The van der Waals surface area contributed by atoms with Gasteiger partial charge in [0.15, 0.2) is 6.61 Å². The van der Waals surface area contributed by atoms with Gasteiger partial charge in [-0.05, 0) is 43.4 Å². The summed E-state index contributed by atoms with van der Waals surface area (Å²) in [4.78, 5) is 19.4. The molecule has 0 radical (unpaired) electrons. The summed E-state index contributed by atoms with van der Waals surface area (Å²) in [6.07, 6.45) is 1.25. The Hall–Kier alpha value is -2.74.